The molecule has 2 nitrogen and oxygen atoms in total. The second kappa shape index (κ2) is 5.99. The molecule has 80 valence electrons. The number of halogens is 1. The average molecular weight is 215 g/mol. The molecule has 0 aliphatic heterocycles. The van der Waals surface area contributed by atoms with Crippen LogP contribution >= 0.6 is 0 Å². The molecule has 0 N–H and O–H groups in total. The van der Waals surface area contributed by atoms with Gasteiger partial charge < -0.3 is 12.4 Å². The fourth-order valence-corrected chi connectivity index (χ4v) is 1.88. The van der Waals surface area contributed by atoms with E-state index in [1.165, 1.54) is 5.69 Å². The van der Waals surface area contributed by atoms with Crippen LogP contribution < -0.4 is 16.9 Å². The van der Waals surface area contributed by atoms with Gasteiger partial charge in [-0.1, -0.05) is 0 Å². The Bertz CT molecular complexity index is 236. The topological polar surface area (TPSA) is 12.9 Å². The average Bonchev–Trinajstić information content (AvgIpc) is 2.23. The lowest BCUT2D eigenvalue weighted by molar-refractivity contribution is -0.00000292. The number of quaternary nitrogens is 1. The number of hydrogen-bond donors (Lipinski definition) is 0. The molecule has 0 atom stereocenters. The third-order valence-corrected chi connectivity index (χ3v) is 3.03. The maximum Gasteiger partial charge on any atom is 0.135 e. The SMILES string of the molecule is CC[N+](CC)(CC)c1ccncc1.[Cl-]. The molecule has 1 rings (SSSR count). The van der Waals surface area contributed by atoms with Gasteiger partial charge in [-0.3, -0.25) is 9.47 Å². The molecule has 0 saturated heterocycles. The van der Waals surface area contributed by atoms with Crippen molar-refractivity contribution in [3.05, 3.63) is 24.5 Å². The Morgan fingerprint density at radius 1 is 1.00 bits per heavy atom. The largest absolute Gasteiger partial charge is 1.00 e. The van der Waals surface area contributed by atoms with Gasteiger partial charge in [-0.05, 0) is 20.8 Å². The molecular formula is C11H19ClN2. The minimum absolute atomic E-state index is 0. The summed E-state index contributed by atoms with van der Waals surface area (Å²) in [6, 6.07) is 4.24. The quantitative estimate of drug-likeness (QED) is 0.614. The summed E-state index contributed by atoms with van der Waals surface area (Å²) in [7, 11) is 0. The summed E-state index contributed by atoms with van der Waals surface area (Å²) in [6.45, 7) is 10.2. The van der Waals surface area contributed by atoms with Crippen molar-refractivity contribution in [2.24, 2.45) is 0 Å². The van der Waals surface area contributed by atoms with Gasteiger partial charge in [-0.2, -0.15) is 0 Å². The fourth-order valence-electron chi connectivity index (χ4n) is 1.88. The third kappa shape index (κ3) is 2.46. The van der Waals surface area contributed by atoms with Crippen molar-refractivity contribution < 1.29 is 12.4 Å². The van der Waals surface area contributed by atoms with E-state index < -0.39 is 0 Å². The smallest absolute Gasteiger partial charge is 0.135 e. The van der Waals surface area contributed by atoms with E-state index in [2.05, 4.69) is 37.9 Å². The lowest BCUT2D eigenvalue weighted by Gasteiger charge is -2.34. The Balaban J connectivity index is 0.00000169. The summed E-state index contributed by atoms with van der Waals surface area (Å²) < 4.78 is 1.06. The van der Waals surface area contributed by atoms with Crippen molar-refractivity contribution >= 4 is 5.69 Å². The van der Waals surface area contributed by atoms with Crippen LogP contribution in [0.1, 0.15) is 20.8 Å². The molecule has 3 heteroatoms. The molecule has 1 heterocycles. The Morgan fingerprint density at radius 2 is 1.43 bits per heavy atom. The molecule has 0 radical (unpaired) electrons. The van der Waals surface area contributed by atoms with E-state index in [0.29, 0.717) is 0 Å². The molecule has 0 unspecified atom stereocenters. The van der Waals surface area contributed by atoms with E-state index in [-0.39, 0.29) is 12.4 Å². The number of nitrogens with zero attached hydrogens (tertiary/aromatic N) is 2. The second-order valence-corrected chi connectivity index (χ2v) is 3.30. The molecule has 0 spiro atoms. The van der Waals surface area contributed by atoms with Crippen LogP contribution in [0.5, 0.6) is 0 Å². The molecule has 0 aliphatic rings. The Morgan fingerprint density at radius 3 is 1.79 bits per heavy atom. The third-order valence-electron chi connectivity index (χ3n) is 3.03. The molecule has 0 aliphatic carbocycles. The van der Waals surface area contributed by atoms with Crippen LogP contribution in [0.2, 0.25) is 0 Å². The Labute approximate surface area is 93.0 Å². The van der Waals surface area contributed by atoms with Gasteiger partial charge in [0.05, 0.1) is 19.6 Å². The van der Waals surface area contributed by atoms with Crippen LogP contribution in [0, 0.1) is 0 Å². The lowest BCUT2D eigenvalue weighted by Crippen LogP contribution is -3.00. The molecule has 1 aromatic heterocycles. The summed E-state index contributed by atoms with van der Waals surface area (Å²) in [5.41, 5.74) is 1.38. The fraction of sp³-hybridized carbons (Fsp3) is 0.545. The van der Waals surface area contributed by atoms with Crippen molar-refractivity contribution in [2.75, 3.05) is 19.6 Å². The first-order valence-corrected chi connectivity index (χ1v) is 5.05. The van der Waals surface area contributed by atoms with Crippen molar-refractivity contribution in [1.82, 2.24) is 9.47 Å². The van der Waals surface area contributed by atoms with E-state index in [9.17, 15) is 0 Å². The first kappa shape index (κ1) is 13.4. The van der Waals surface area contributed by atoms with Crippen molar-refractivity contribution in [3.63, 3.8) is 0 Å². The highest BCUT2D eigenvalue weighted by Crippen LogP contribution is 2.20. The molecule has 0 amide bonds. The van der Waals surface area contributed by atoms with Crippen LogP contribution in [0.3, 0.4) is 0 Å². The predicted octanol–water partition coefficient (Wildman–Crippen LogP) is -0.547. The van der Waals surface area contributed by atoms with E-state index in [1.807, 2.05) is 12.4 Å². The Hall–Kier alpha value is -0.600. The summed E-state index contributed by atoms with van der Waals surface area (Å²) in [4.78, 5) is 4.05. The zero-order valence-electron chi connectivity index (χ0n) is 9.20. The Kier molecular flexibility index (Phi) is 5.73. The van der Waals surface area contributed by atoms with Gasteiger partial charge in [-0.15, -0.1) is 0 Å². The van der Waals surface area contributed by atoms with Crippen LogP contribution in [-0.2, 0) is 0 Å². The number of rotatable bonds is 4. The van der Waals surface area contributed by atoms with Crippen molar-refractivity contribution in [1.29, 1.82) is 0 Å². The molecular weight excluding hydrogens is 196 g/mol. The van der Waals surface area contributed by atoms with E-state index in [1.54, 1.807) is 0 Å². The van der Waals surface area contributed by atoms with Gasteiger partial charge in [0.1, 0.15) is 5.69 Å². The minimum Gasteiger partial charge on any atom is -1.00 e. The highest BCUT2D eigenvalue weighted by molar-refractivity contribution is 5.40. The highest BCUT2D eigenvalue weighted by Gasteiger charge is 2.23. The number of pyridine rings is 1. The molecule has 0 bridgehead atoms. The first-order valence-electron chi connectivity index (χ1n) is 5.05. The van der Waals surface area contributed by atoms with E-state index in [0.717, 1.165) is 24.1 Å². The van der Waals surface area contributed by atoms with Gasteiger partial charge in [0.2, 0.25) is 0 Å². The molecule has 14 heavy (non-hydrogen) atoms. The maximum atomic E-state index is 4.05. The van der Waals surface area contributed by atoms with Crippen LogP contribution in [0.4, 0.5) is 5.69 Å². The molecule has 1 aromatic rings. The number of hydrogen-bond acceptors (Lipinski definition) is 1. The monoisotopic (exact) mass is 214 g/mol. The van der Waals surface area contributed by atoms with E-state index in [4.69, 9.17) is 0 Å². The first-order chi connectivity index (χ1) is 6.29. The number of aromatic nitrogens is 1. The van der Waals surface area contributed by atoms with Gasteiger partial charge in [0.25, 0.3) is 0 Å². The normalized spacial score (nSPS) is 10.8. The summed E-state index contributed by atoms with van der Waals surface area (Å²) in [6.07, 6.45) is 3.76. The van der Waals surface area contributed by atoms with Crippen LogP contribution in [-0.4, -0.2) is 24.6 Å². The van der Waals surface area contributed by atoms with Gasteiger partial charge in [-0.25, -0.2) is 0 Å². The van der Waals surface area contributed by atoms with Crippen molar-refractivity contribution in [3.8, 4) is 0 Å². The summed E-state index contributed by atoms with van der Waals surface area (Å²) in [5, 5.41) is 0. The lowest BCUT2D eigenvalue weighted by atomic mass is 10.2. The minimum atomic E-state index is 0. The van der Waals surface area contributed by atoms with Crippen LogP contribution in [0.15, 0.2) is 24.5 Å². The van der Waals surface area contributed by atoms with Crippen LogP contribution in [0.25, 0.3) is 0 Å². The van der Waals surface area contributed by atoms with Gasteiger partial charge >= 0.3 is 0 Å². The standard InChI is InChI=1S/C11H19N2.ClH/c1-4-13(5-2,6-3)11-7-9-12-10-8-11;/h7-10H,4-6H2,1-3H3;1H/q+1;/p-1. The zero-order chi connectivity index (χ0) is 9.73. The summed E-state index contributed by atoms with van der Waals surface area (Å²) >= 11 is 0. The van der Waals surface area contributed by atoms with Crippen molar-refractivity contribution in [2.45, 2.75) is 20.8 Å². The zero-order valence-corrected chi connectivity index (χ0v) is 9.96. The van der Waals surface area contributed by atoms with Gasteiger partial charge in [0, 0.05) is 24.5 Å². The maximum absolute atomic E-state index is 4.05. The highest BCUT2D eigenvalue weighted by atomic mass is 35.5. The molecule has 0 fully saturated rings. The molecule has 0 saturated carbocycles. The summed E-state index contributed by atoms with van der Waals surface area (Å²) in [5.74, 6) is 0. The van der Waals surface area contributed by atoms with Gasteiger partial charge in [0.15, 0.2) is 0 Å². The predicted molar refractivity (Wildman–Crippen MR) is 57.7 cm³/mol. The second-order valence-electron chi connectivity index (χ2n) is 3.30. The van der Waals surface area contributed by atoms with E-state index >= 15 is 0 Å². The molecule has 0 aromatic carbocycles.